The molecule has 38 heavy (non-hydrogen) atoms. The molecule has 2 aliphatic rings. The van der Waals surface area contributed by atoms with Crippen molar-refractivity contribution in [2.45, 2.75) is 39.1 Å². The molecular formula is C28H40N2O8. The first-order valence-electron chi connectivity index (χ1n) is 13.3. The molecule has 0 amide bonds. The molecule has 0 saturated carbocycles. The molecule has 4 rings (SSSR count). The minimum absolute atomic E-state index is 0.0276. The van der Waals surface area contributed by atoms with Crippen molar-refractivity contribution in [1.82, 2.24) is 9.80 Å². The van der Waals surface area contributed by atoms with E-state index in [0.717, 1.165) is 26.2 Å². The Labute approximate surface area is 223 Å². The second-order valence-corrected chi connectivity index (χ2v) is 9.59. The monoisotopic (exact) mass is 532 g/mol. The molecule has 2 atom stereocenters. The van der Waals surface area contributed by atoms with Crippen molar-refractivity contribution in [2.24, 2.45) is 0 Å². The number of phenolic OH excluding ortho intramolecular Hbond substituents is 2. The van der Waals surface area contributed by atoms with Gasteiger partial charge in [0, 0.05) is 50.4 Å². The van der Waals surface area contributed by atoms with Crippen LogP contribution in [0, 0.1) is 0 Å². The van der Waals surface area contributed by atoms with Crippen molar-refractivity contribution < 1.29 is 39.4 Å². The largest absolute Gasteiger partial charge is 0.504 e. The summed E-state index contributed by atoms with van der Waals surface area (Å²) in [6, 6.07) is 6.54. The van der Waals surface area contributed by atoms with Crippen molar-refractivity contribution >= 4 is 0 Å². The fourth-order valence-corrected chi connectivity index (χ4v) is 4.86. The van der Waals surface area contributed by atoms with E-state index in [1.165, 1.54) is 0 Å². The Bertz CT molecular complexity index is 970. The number of ether oxygens (including phenoxy) is 4. The molecule has 0 aliphatic carbocycles. The highest BCUT2D eigenvalue weighted by Crippen LogP contribution is 2.41. The number of hydrogen-bond donors (Lipinski definition) is 4. The fraction of sp³-hybridized carbons (Fsp3) is 0.571. The van der Waals surface area contributed by atoms with E-state index in [2.05, 4.69) is 9.80 Å². The average Bonchev–Trinajstić information content (AvgIpc) is 2.93. The molecule has 2 heterocycles. The first-order chi connectivity index (χ1) is 18.4. The number of rotatable bonds is 11. The normalized spacial score (nSPS) is 18.7. The Morgan fingerprint density at radius 3 is 1.39 bits per heavy atom. The average molecular weight is 533 g/mol. The van der Waals surface area contributed by atoms with Crippen molar-refractivity contribution in [2.75, 3.05) is 65.8 Å². The van der Waals surface area contributed by atoms with Crippen LogP contribution in [-0.2, 0) is 22.6 Å². The second-order valence-electron chi connectivity index (χ2n) is 9.59. The molecule has 2 fully saturated rings. The first kappa shape index (κ1) is 28.4. The Hall–Kier alpha value is -2.60. The molecular weight excluding hydrogens is 492 g/mol. The quantitative estimate of drug-likeness (QED) is 0.343. The summed E-state index contributed by atoms with van der Waals surface area (Å²) in [6.45, 7) is 10.7. The van der Waals surface area contributed by atoms with Crippen LogP contribution in [0.3, 0.4) is 0 Å². The van der Waals surface area contributed by atoms with Gasteiger partial charge in [-0.3, -0.25) is 9.80 Å². The molecule has 10 heteroatoms. The van der Waals surface area contributed by atoms with Gasteiger partial charge in [0.05, 0.1) is 39.6 Å². The van der Waals surface area contributed by atoms with Gasteiger partial charge >= 0.3 is 0 Å². The van der Waals surface area contributed by atoms with Crippen molar-refractivity contribution in [3.63, 3.8) is 0 Å². The standard InChI is InChI=1S/C28H40N2O8/c1-3-37-23-15-19(13-21(25(23)31)17-29-5-9-35-10-6-29)27(33)28(34)20-14-22(18-30-7-11-36-12-8-30)26(32)24(16-20)38-4-2/h13-16,27-28,31-34H,3-12,17-18H2,1-2H3/t27-,28+. The zero-order chi connectivity index (χ0) is 27.1. The van der Waals surface area contributed by atoms with Gasteiger partial charge in [0.25, 0.3) is 0 Å². The van der Waals surface area contributed by atoms with Gasteiger partial charge < -0.3 is 39.4 Å². The lowest BCUT2D eigenvalue weighted by molar-refractivity contribution is 0.0163. The molecule has 210 valence electrons. The lowest BCUT2D eigenvalue weighted by atomic mass is 9.94. The SMILES string of the molecule is CCOc1cc([C@@H](O)[C@@H](O)c2cc(CN3CCOCC3)c(O)c(OCC)c2)cc(CN2CCOCC2)c1O. The van der Waals surface area contributed by atoms with Gasteiger partial charge in [0.2, 0.25) is 0 Å². The fourth-order valence-electron chi connectivity index (χ4n) is 4.86. The van der Waals surface area contributed by atoms with Gasteiger partial charge in [-0.15, -0.1) is 0 Å². The van der Waals surface area contributed by atoms with Crippen LogP contribution in [0.15, 0.2) is 24.3 Å². The van der Waals surface area contributed by atoms with E-state index in [1.807, 2.05) is 13.8 Å². The summed E-state index contributed by atoms with van der Waals surface area (Å²) < 4.78 is 22.2. The summed E-state index contributed by atoms with van der Waals surface area (Å²) in [5, 5.41) is 44.3. The molecule has 2 aromatic rings. The molecule has 2 aromatic carbocycles. The minimum atomic E-state index is -1.31. The Balaban J connectivity index is 1.63. The number of aliphatic hydroxyl groups excluding tert-OH is 2. The summed E-state index contributed by atoms with van der Waals surface area (Å²) >= 11 is 0. The number of aromatic hydroxyl groups is 2. The zero-order valence-corrected chi connectivity index (χ0v) is 22.3. The molecule has 0 radical (unpaired) electrons. The van der Waals surface area contributed by atoms with Gasteiger partial charge in [-0.05, 0) is 49.2 Å². The molecule has 2 saturated heterocycles. The maximum atomic E-state index is 11.3. The van der Waals surface area contributed by atoms with Crippen LogP contribution in [0.2, 0.25) is 0 Å². The first-order valence-corrected chi connectivity index (χ1v) is 13.3. The van der Waals surface area contributed by atoms with Gasteiger partial charge in [-0.2, -0.15) is 0 Å². The van der Waals surface area contributed by atoms with Gasteiger partial charge in [-0.25, -0.2) is 0 Å². The van der Waals surface area contributed by atoms with E-state index in [9.17, 15) is 20.4 Å². The van der Waals surface area contributed by atoms with Crippen molar-refractivity contribution in [3.8, 4) is 23.0 Å². The molecule has 2 aliphatic heterocycles. The van der Waals surface area contributed by atoms with E-state index in [-0.39, 0.29) is 23.0 Å². The third-order valence-electron chi connectivity index (χ3n) is 6.93. The predicted molar refractivity (Wildman–Crippen MR) is 141 cm³/mol. The van der Waals surface area contributed by atoms with Crippen LogP contribution < -0.4 is 9.47 Å². The number of benzene rings is 2. The second kappa shape index (κ2) is 13.5. The number of hydrogen-bond acceptors (Lipinski definition) is 10. The highest BCUT2D eigenvalue weighted by atomic mass is 16.5. The predicted octanol–water partition coefficient (Wildman–Crippen LogP) is 2.33. The summed E-state index contributed by atoms with van der Waals surface area (Å²) in [5.41, 5.74) is 2.05. The van der Waals surface area contributed by atoms with Gasteiger partial charge in [0.1, 0.15) is 12.2 Å². The van der Waals surface area contributed by atoms with Crippen LogP contribution in [0.25, 0.3) is 0 Å². The third-order valence-corrected chi connectivity index (χ3v) is 6.93. The Kier molecular flexibility index (Phi) is 10.1. The van der Waals surface area contributed by atoms with Crippen LogP contribution >= 0.6 is 0 Å². The highest BCUT2D eigenvalue weighted by molar-refractivity contribution is 5.51. The lowest BCUT2D eigenvalue weighted by Crippen LogP contribution is -2.35. The van der Waals surface area contributed by atoms with Crippen LogP contribution in [0.4, 0.5) is 0 Å². The molecule has 0 spiro atoms. The summed E-state index contributed by atoms with van der Waals surface area (Å²) in [6.07, 6.45) is -2.62. The van der Waals surface area contributed by atoms with E-state index in [0.29, 0.717) is 75.0 Å². The van der Waals surface area contributed by atoms with Gasteiger partial charge in [0.15, 0.2) is 23.0 Å². The summed E-state index contributed by atoms with van der Waals surface area (Å²) in [7, 11) is 0. The van der Waals surface area contributed by atoms with Gasteiger partial charge in [-0.1, -0.05) is 0 Å². The number of phenols is 2. The number of aliphatic hydroxyl groups is 2. The van der Waals surface area contributed by atoms with Crippen molar-refractivity contribution in [1.29, 1.82) is 0 Å². The van der Waals surface area contributed by atoms with E-state index in [1.54, 1.807) is 24.3 Å². The zero-order valence-electron chi connectivity index (χ0n) is 22.3. The highest BCUT2D eigenvalue weighted by Gasteiger charge is 2.27. The van der Waals surface area contributed by atoms with Crippen molar-refractivity contribution in [3.05, 3.63) is 46.5 Å². The summed E-state index contributed by atoms with van der Waals surface area (Å²) in [5.74, 6) is 0.571. The molecule has 0 aromatic heterocycles. The third kappa shape index (κ3) is 6.88. The smallest absolute Gasteiger partial charge is 0.162 e. The summed E-state index contributed by atoms with van der Waals surface area (Å²) in [4.78, 5) is 4.32. The maximum Gasteiger partial charge on any atom is 0.162 e. The topological polar surface area (TPSA) is 124 Å². The Morgan fingerprint density at radius 2 is 1.05 bits per heavy atom. The molecule has 0 unspecified atom stereocenters. The van der Waals surface area contributed by atoms with Crippen LogP contribution in [0.5, 0.6) is 23.0 Å². The van der Waals surface area contributed by atoms with E-state index in [4.69, 9.17) is 18.9 Å². The number of nitrogens with zero attached hydrogens (tertiary/aromatic N) is 2. The Morgan fingerprint density at radius 1 is 0.684 bits per heavy atom. The van der Waals surface area contributed by atoms with E-state index >= 15 is 0 Å². The lowest BCUT2D eigenvalue weighted by Gasteiger charge is -2.28. The van der Waals surface area contributed by atoms with Crippen LogP contribution in [0.1, 0.15) is 48.3 Å². The van der Waals surface area contributed by atoms with E-state index < -0.39 is 12.2 Å². The molecule has 10 nitrogen and oxygen atoms in total. The maximum absolute atomic E-state index is 11.3. The molecule has 4 N–H and O–H groups in total. The minimum Gasteiger partial charge on any atom is -0.504 e. The molecule has 0 bridgehead atoms. The van der Waals surface area contributed by atoms with Crippen LogP contribution in [-0.4, -0.2) is 96.0 Å². The number of morpholine rings is 2.